The Kier molecular flexibility index (Phi) is 3.48. The van der Waals surface area contributed by atoms with Crippen molar-refractivity contribution in [1.82, 2.24) is 0 Å². The fourth-order valence-corrected chi connectivity index (χ4v) is 5.13. The molecule has 3 aliphatic carbocycles. The van der Waals surface area contributed by atoms with Gasteiger partial charge >= 0.3 is 0 Å². The molecule has 5 atom stereocenters. The topological polar surface area (TPSA) is 64.7 Å². The lowest BCUT2D eigenvalue weighted by Gasteiger charge is -2.55. The van der Waals surface area contributed by atoms with E-state index in [-0.39, 0.29) is 22.5 Å². The van der Waals surface area contributed by atoms with Gasteiger partial charge < -0.3 is 0 Å². The lowest BCUT2D eigenvalue weighted by atomic mass is 9.48. The van der Waals surface area contributed by atoms with Crippen molar-refractivity contribution in [3.05, 3.63) is 23.8 Å². The molecule has 0 amide bonds. The van der Waals surface area contributed by atoms with Gasteiger partial charge in [0.1, 0.15) is 0 Å². The van der Waals surface area contributed by atoms with Crippen LogP contribution in [-0.4, -0.2) is 5.78 Å². The van der Waals surface area contributed by atoms with Crippen molar-refractivity contribution in [2.45, 2.75) is 46.0 Å². The number of nitriles is 2. The molecule has 0 aromatic rings. The molecule has 0 unspecified atom stereocenters. The first-order valence-electron chi connectivity index (χ1n) is 8.17. The Morgan fingerprint density at radius 3 is 2.77 bits per heavy atom. The van der Waals surface area contributed by atoms with E-state index in [0.29, 0.717) is 18.3 Å². The highest BCUT2D eigenvalue weighted by molar-refractivity contribution is 6.01. The SMILES string of the molecule is C[C@]1(C#N)CC[C@H]2[C@@H](CCC3=CC(=O)C=C[C@@]32C)[C@@H]1CC#N. The fraction of sp³-hybridized carbons (Fsp3) is 0.632. The molecule has 0 radical (unpaired) electrons. The van der Waals surface area contributed by atoms with Gasteiger partial charge in [0.15, 0.2) is 5.78 Å². The van der Waals surface area contributed by atoms with Crippen LogP contribution in [0.15, 0.2) is 23.8 Å². The number of hydrogen-bond donors (Lipinski definition) is 0. The highest BCUT2D eigenvalue weighted by Crippen LogP contribution is 2.60. The van der Waals surface area contributed by atoms with Crippen LogP contribution < -0.4 is 0 Å². The van der Waals surface area contributed by atoms with E-state index in [4.69, 9.17) is 0 Å². The van der Waals surface area contributed by atoms with Crippen molar-refractivity contribution in [2.24, 2.45) is 28.6 Å². The largest absolute Gasteiger partial charge is 0.290 e. The Morgan fingerprint density at radius 1 is 1.32 bits per heavy atom. The maximum absolute atomic E-state index is 11.7. The van der Waals surface area contributed by atoms with Gasteiger partial charge in [-0.25, -0.2) is 0 Å². The summed E-state index contributed by atoms with van der Waals surface area (Å²) in [6.45, 7) is 4.26. The van der Waals surface area contributed by atoms with Crippen LogP contribution in [0.2, 0.25) is 0 Å². The molecule has 0 aromatic heterocycles. The normalized spacial score (nSPS) is 43.4. The van der Waals surface area contributed by atoms with Crippen molar-refractivity contribution in [2.75, 3.05) is 0 Å². The van der Waals surface area contributed by atoms with Gasteiger partial charge in [-0.2, -0.15) is 10.5 Å². The van der Waals surface area contributed by atoms with Gasteiger partial charge in [-0.1, -0.05) is 18.6 Å². The van der Waals surface area contributed by atoms with Gasteiger partial charge in [0.05, 0.1) is 17.6 Å². The highest BCUT2D eigenvalue weighted by Gasteiger charge is 2.54. The van der Waals surface area contributed by atoms with Crippen LogP contribution in [0.25, 0.3) is 0 Å². The average Bonchev–Trinajstić information content (AvgIpc) is 2.51. The van der Waals surface area contributed by atoms with Crippen molar-refractivity contribution < 1.29 is 4.79 Å². The third-order valence-electron chi connectivity index (χ3n) is 6.51. The minimum Gasteiger partial charge on any atom is -0.290 e. The molecule has 0 heterocycles. The molecule has 0 aliphatic heterocycles. The Labute approximate surface area is 132 Å². The molecule has 22 heavy (non-hydrogen) atoms. The number of fused-ring (bicyclic) bond motifs is 3. The molecular weight excluding hydrogens is 272 g/mol. The van der Waals surface area contributed by atoms with Crippen molar-refractivity contribution in [3.63, 3.8) is 0 Å². The molecule has 0 saturated heterocycles. The molecule has 3 heteroatoms. The number of ketones is 1. The van der Waals surface area contributed by atoms with E-state index in [2.05, 4.69) is 25.1 Å². The summed E-state index contributed by atoms with van der Waals surface area (Å²) in [6.07, 6.45) is 9.82. The molecule has 0 aromatic carbocycles. The van der Waals surface area contributed by atoms with Crippen molar-refractivity contribution >= 4 is 5.78 Å². The van der Waals surface area contributed by atoms with Crippen LogP contribution in [0.3, 0.4) is 0 Å². The van der Waals surface area contributed by atoms with E-state index in [1.807, 2.05) is 13.0 Å². The first-order valence-corrected chi connectivity index (χ1v) is 8.17. The standard InChI is InChI=1S/C19H22N2O/c1-18(12-21)8-6-17-15(16(18)7-10-20)4-3-13-11-14(22)5-9-19(13,17)2/h5,9,11,15-17H,3-4,6-8H2,1-2H3/t15-,16-,17-,18+,19-/m0/s1. The van der Waals surface area contributed by atoms with Crippen LogP contribution in [0.5, 0.6) is 0 Å². The fourth-order valence-electron chi connectivity index (χ4n) is 5.13. The first kappa shape index (κ1) is 15.0. The van der Waals surface area contributed by atoms with Crippen molar-refractivity contribution in [1.29, 1.82) is 10.5 Å². The molecule has 2 saturated carbocycles. The van der Waals surface area contributed by atoms with Crippen molar-refractivity contribution in [3.8, 4) is 12.1 Å². The van der Waals surface area contributed by atoms with Crippen LogP contribution in [0.4, 0.5) is 0 Å². The number of carbonyl (C=O) groups is 1. The van der Waals surface area contributed by atoms with E-state index in [1.54, 1.807) is 6.08 Å². The van der Waals surface area contributed by atoms with Gasteiger partial charge in [-0.15, -0.1) is 0 Å². The summed E-state index contributed by atoms with van der Waals surface area (Å²) < 4.78 is 0. The minimum absolute atomic E-state index is 0.0681. The molecule has 114 valence electrons. The number of allylic oxidation sites excluding steroid dienone is 4. The quantitative estimate of drug-likeness (QED) is 0.735. The third kappa shape index (κ3) is 2.03. The predicted octanol–water partition coefficient (Wildman–Crippen LogP) is 3.94. The van der Waals surface area contributed by atoms with Gasteiger partial charge in [-0.05, 0) is 62.5 Å². The summed E-state index contributed by atoms with van der Waals surface area (Å²) >= 11 is 0. The predicted molar refractivity (Wildman–Crippen MR) is 83.2 cm³/mol. The Bertz CT molecular complexity index is 647. The molecule has 3 nitrogen and oxygen atoms in total. The minimum atomic E-state index is -0.386. The molecule has 0 bridgehead atoms. The van der Waals surface area contributed by atoms with Crippen LogP contribution in [-0.2, 0) is 4.79 Å². The summed E-state index contributed by atoms with van der Waals surface area (Å²) in [5, 5.41) is 18.9. The second-order valence-corrected chi connectivity index (χ2v) is 7.53. The van der Waals surface area contributed by atoms with Crippen LogP contribution >= 0.6 is 0 Å². The lowest BCUT2D eigenvalue weighted by molar-refractivity contribution is -0.111. The van der Waals surface area contributed by atoms with E-state index in [9.17, 15) is 15.3 Å². The zero-order valence-corrected chi connectivity index (χ0v) is 13.3. The van der Waals surface area contributed by atoms with E-state index in [1.165, 1.54) is 5.57 Å². The van der Waals surface area contributed by atoms with Crippen LogP contribution in [0, 0.1) is 51.2 Å². The summed E-state index contributed by atoms with van der Waals surface area (Å²) in [5.41, 5.74) is 0.793. The number of nitrogens with zero attached hydrogens (tertiary/aromatic N) is 2. The highest BCUT2D eigenvalue weighted by atomic mass is 16.1. The second kappa shape index (κ2) is 5.10. The molecule has 3 aliphatic rings. The van der Waals surface area contributed by atoms with Crippen LogP contribution in [0.1, 0.15) is 46.0 Å². The monoisotopic (exact) mass is 294 g/mol. The van der Waals surface area contributed by atoms with Gasteiger partial charge in [0.25, 0.3) is 0 Å². The molecule has 0 N–H and O–H groups in total. The summed E-state index contributed by atoms with van der Waals surface area (Å²) in [4.78, 5) is 11.7. The molecule has 2 fully saturated rings. The zero-order valence-electron chi connectivity index (χ0n) is 13.3. The van der Waals surface area contributed by atoms with E-state index in [0.717, 1.165) is 25.7 Å². The zero-order chi connectivity index (χ0) is 16.0. The first-order chi connectivity index (χ1) is 10.4. The summed E-state index contributed by atoms with van der Waals surface area (Å²) in [5.74, 6) is 1.08. The average molecular weight is 294 g/mol. The smallest absolute Gasteiger partial charge is 0.178 e. The third-order valence-corrected chi connectivity index (χ3v) is 6.51. The Hall–Kier alpha value is -1.87. The van der Waals surface area contributed by atoms with E-state index >= 15 is 0 Å². The van der Waals surface area contributed by atoms with Gasteiger partial charge in [0.2, 0.25) is 0 Å². The van der Waals surface area contributed by atoms with E-state index < -0.39 is 0 Å². The number of carbonyl (C=O) groups excluding carboxylic acids is 1. The number of rotatable bonds is 1. The van der Waals surface area contributed by atoms with Gasteiger partial charge in [0, 0.05) is 11.8 Å². The van der Waals surface area contributed by atoms with Gasteiger partial charge in [-0.3, -0.25) is 4.79 Å². The lowest BCUT2D eigenvalue weighted by Crippen LogP contribution is -2.49. The molecule has 3 rings (SSSR count). The molecule has 0 spiro atoms. The maximum atomic E-state index is 11.7. The summed E-state index contributed by atoms with van der Waals surface area (Å²) in [6, 6.07) is 4.82. The Morgan fingerprint density at radius 2 is 2.09 bits per heavy atom. The second-order valence-electron chi connectivity index (χ2n) is 7.53. The Balaban J connectivity index is 1.99. The number of hydrogen-bond acceptors (Lipinski definition) is 3. The summed E-state index contributed by atoms with van der Waals surface area (Å²) in [7, 11) is 0. The molecular formula is C19H22N2O. The maximum Gasteiger partial charge on any atom is 0.178 e.